The molecule has 9 heteroatoms. The van der Waals surface area contributed by atoms with Gasteiger partial charge in [-0.3, -0.25) is 0 Å². The number of hydrogen-bond acceptors (Lipinski definition) is 4. The molecule has 0 spiro atoms. The van der Waals surface area contributed by atoms with Crippen molar-refractivity contribution in [2.24, 2.45) is 4.99 Å². The van der Waals surface area contributed by atoms with Crippen LogP contribution in [0.4, 0.5) is 8.78 Å². The van der Waals surface area contributed by atoms with Crippen LogP contribution in [0.25, 0.3) is 0 Å². The van der Waals surface area contributed by atoms with Crippen molar-refractivity contribution in [2.45, 2.75) is 26.6 Å². The SMILES string of the molecule is CCNC(=NCc1ccnc(OC)c1)NCc1ccccc1OC(F)F.I. The van der Waals surface area contributed by atoms with Gasteiger partial charge in [0.1, 0.15) is 5.75 Å². The molecule has 0 amide bonds. The third-order valence-corrected chi connectivity index (χ3v) is 3.41. The van der Waals surface area contributed by atoms with Gasteiger partial charge in [0.25, 0.3) is 0 Å². The first-order valence-electron chi connectivity index (χ1n) is 8.16. The van der Waals surface area contributed by atoms with E-state index < -0.39 is 6.61 Å². The van der Waals surface area contributed by atoms with E-state index in [-0.39, 0.29) is 29.7 Å². The van der Waals surface area contributed by atoms with Crippen LogP contribution in [0.3, 0.4) is 0 Å². The normalized spacial score (nSPS) is 10.9. The van der Waals surface area contributed by atoms with Crippen LogP contribution in [0, 0.1) is 0 Å². The van der Waals surface area contributed by atoms with Crippen molar-refractivity contribution in [1.29, 1.82) is 0 Å². The fourth-order valence-corrected chi connectivity index (χ4v) is 2.21. The molecular weight excluding hydrogens is 469 g/mol. The molecule has 0 aliphatic heterocycles. The Kier molecular flexibility index (Phi) is 10.4. The minimum Gasteiger partial charge on any atom is -0.481 e. The molecule has 2 aromatic rings. The molecule has 0 saturated carbocycles. The Morgan fingerprint density at radius 3 is 2.70 bits per heavy atom. The summed E-state index contributed by atoms with van der Waals surface area (Å²) in [5, 5.41) is 6.23. The number of pyridine rings is 1. The van der Waals surface area contributed by atoms with Gasteiger partial charge in [-0.05, 0) is 24.6 Å². The number of aromatic nitrogens is 1. The quantitative estimate of drug-likeness (QED) is 0.335. The van der Waals surface area contributed by atoms with E-state index in [9.17, 15) is 8.78 Å². The number of alkyl halides is 2. The fourth-order valence-electron chi connectivity index (χ4n) is 2.21. The number of benzene rings is 1. The molecule has 2 rings (SSSR count). The maximum atomic E-state index is 12.5. The van der Waals surface area contributed by atoms with Crippen LogP contribution >= 0.6 is 24.0 Å². The maximum absolute atomic E-state index is 12.5. The Morgan fingerprint density at radius 1 is 1.22 bits per heavy atom. The number of hydrogen-bond donors (Lipinski definition) is 2. The molecule has 0 saturated heterocycles. The third kappa shape index (κ3) is 7.94. The lowest BCUT2D eigenvalue weighted by Gasteiger charge is -2.14. The maximum Gasteiger partial charge on any atom is 0.387 e. The molecule has 27 heavy (non-hydrogen) atoms. The van der Waals surface area contributed by atoms with Crippen LogP contribution in [-0.2, 0) is 13.1 Å². The molecule has 0 radical (unpaired) electrons. The van der Waals surface area contributed by atoms with E-state index in [1.165, 1.54) is 6.07 Å². The van der Waals surface area contributed by atoms with E-state index in [0.29, 0.717) is 37.0 Å². The van der Waals surface area contributed by atoms with Crippen molar-refractivity contribution in [2.75, 3.05) is 13.7 Å². The van der Waals surface area contributed by atoms with Gasteiger partial charge in [-0.25, -0.2) is 9.98 Å². The van der Waals surface area contributed by atoms with Gasteiger partial charge in [-0.2, -0.15) is 8.78 Å². The average Bonchev–Trinajstić information content (AvgIpc) is 2.65. The van der Waals surface area contributed by atoms with Gasteiger partial charge >= 0.3 is 6.61 Å². The zero-order valence-corrected chi connectivity index (χ0v) is 17.4. The highest BCUT2D eigenvalue weighted by Gasteiger charge is 2.09. The topological polar surface area (TPSA) is 67.8 Å². The van der Waals surface area contributed by atoms with Crippen molar-refractivity contribution < 1.29 is 18.3 Å². The van der Waals surface area contributed by atoms with E-state index in [2.05, 4.69) is 25.3 Å². The van der Waals surface area contributed by atoms with Gasteiger partial charge in [-0.1, -0.05) is 18.2 Å². The zero-order valence-electron chi connectivity index (χ0n) is 15.1. The molecule has 0 bridgehead atoms. The Hall–Kier alpha value is -2.17. The lowest BCUT2D eigenvalue weighted by Crippen LogP contribution is -2.36. The minimum atomic E-state index is -2.86. The Balaban J connectivity index is 0.00000364. The van der Waals surface area contributed by atoms with Gasteiger partial charge in [0.2, 0.25) is 5.88 Å². The van der Waals surface area contributed by atoms with E-state index >= 15 is 0 Å². The van der Waals surface area contributed by atoms with Crippen LogP contribution < -0.4 is 20.1 Å². The van der Waals surface area contributed by atoms with Gasteiger partial charge in [-0.15, -0.1) is 24.0 Å². The van der Waals surface area contributed by atoms with Crippen LogP contribution in [0.2, 0.25) is 0 Å². The molecule has 0 aliphatic carbocycles. The van der Waals surface area contributed by atoms with Crippen molar-refractivity contribution >= 4 is 29.9 Å². The summed E-state index contributed by atoms with van der Waals surface area (Å²) in [6, 6.07) is 10.3. The summed E-state index contributed by atoms with van der Waals surface area (Å²) < 4.78 is 34.6. The van der Waals surface area contributed by atoms with Crippen LogP contribution in [0.15, 0.2) is 47.6 Å². The lowest BCUT2D eigenvalue weighted by molar-refractivity contribution is -0.0504. The Morgan fingerprint density at radius 2 is 2.00 bits per heavy atom. The van der Waals surface area contributed by atoms with E-state index in [1.54, 1.807) is 37.6 Å². The summed E-state index contributed by atoms with van der Waals surface area (Å²) in [4.78, 5) is 8.54. The molecule has 1 aromatic carbocycles. The molecule has 0 fully saturated rings. The summed E-state index contributed by atoms with van der Waals surface area (Å²) in [5.41, 5.74) is 1.56. The molecule has 1 aromatic heterocycles. The number of halogens is 3. The molecule has 0 aliphatic rings. The first kappa shape index (κ1) is 22.9. The molecule has 6 nitrogen and oxygen atoms in total. The number of nitrogens with one attached hydrogen (secondary N) is 2. The molecular formula is C18H23F2IN4O2. The summed E-state index contributed by atoms with van der Waals surface area (Å²) in [6.07, 6.45) is 1.65. The highest BCUT2D eigenvalue weighted by Crippen LogP contribution is 2.19. The van der Waals surface area contributed by atoms with Crippen molar-refractivity contribution in [3.8, 4) is 11.6 Å². The van der Waals surface area contributed by atoms with Crippen molar-refractivity contribution in [1.82, 2.24) is 15.6 Å². The van der Waals surface area contributed by atoms with Gasteiger partial charge in [0.15, 0.2) is 5.96 Å². The molecule has 0 unspecified atom stereocenters. The Labute approximate surface area is 174 Å². The summed E-state index contributed by atoms with van der Waals surface area (Å²) in [6.45, 7) is 0.471. The first-order valence-corrected chi connectivity index (χ1v) is 8.16. The van der Waals surface area contributed by atoms with Gasteiger partial charge in [0, 0.05) is 30.9 Å². The molecule has 2 N–H and O–H groups in total. The van der Waals surface area contributed by atoms with Crippen molar-refractivity contribution in [3.05, 3.63) is 53.7 Å². The number of methoxy groups -OCH3 is 1. The van der Waals surface area contributed by atoms with Crippen molar-refractivity contribution in [3.63, 3.8) is 0 Å². The van der Waals surface area contributed by atoms with E-state index in [0.717, 1.165) is 5.56 Å². The lowest BCUT2D eigenvalue weighted by atomic mass is 10.2. The standard InChI is InChI=1S/C18H22F2N4O2.HI/c1-3-21-18(23-11-13-8-9-22-16(10-13)25-2)24-12-14-6-4-5-7-15(14)26-17(19)20;/h4-10,17H,3,11-12H2,1-2H3,(H2,21,23,24);1H. The number of para-hydroxylation sites is 1. The molecule has 1 heterocycles. The smallest absolute Gasteiger partial charge is 0.387 e. The van der Waals surface area contributed by atoms with Crippen LogP contribution in [0.1, 0.15) is 18.1 Å². The number of rotatable bonds is 8. The van der Waals surface area contributed by atoms with Crippen LogP contribution in [0.5, 0.6) is 11.6 Å². The molecule has 148 valence electrons. The van der Waals surface area contributed by atoms with E-state index in [4.69, 9.17) is 4.74 Å². The summed E-state index contributed by atoms with van der Waals surface area (Å²) in [5.74, 6) is 1.23. The number of aliphatic imine (C=N–C) groups is 1. The minimum absolute atomic E-state index is 0. The summed E-state index contributed by atoms with van der Waals surface area (Å²) in [7, 11) is 1.56. The second-order valence-corrected chi connectivity index (χ2v) is 5.24. The van der Waals surface area contributed by atoms with Crippen LogP contribution in [-0.4, -0.2) is 31.2 Å². The Bertz CT molecular complexity index is 732. The fraction of sp³-hybridized carbons (Fsp3) is 0.333. The first-order chi connectivity index (χ1) is 12.6. The van der Waals surface area contributed by atoms with Gasteiger partial charge < -0.3 is 20.1 Å². The highest BCUT2D eigenvalue weighted by molar-refractivity contribution is 14.0. The second-order valence-electron chi connectivity index (χ2n) is 5.24. The monoisotopic (exact) mass is 492 g/mol. The predicted octanol–water partition coefficient (Wildman–Crippen LogP) is 3.56. The summed E-state index contributed by atoms with van der Waals surface area (Å²) >= 11 is 0. The predicted molar refractivity (Wildman–Crippen MR) is 111 cm³/mol. The number of guanidine groups is 1. The largest absolute Gasteiger partial charge is 0.481 e. The third-order valence-electron chi connectivity index (χ3n) is 3.41. The zero-order chi connectivity index (χ0) is 18.8. The van der Waals surface area contributed by atoms with Gasteiger partial charge in [0.05, 0.1) is 13.7 Å². The highest BCUT2D eigenvalue weighted by atomic mass is 127. The van der Waals surface area contributed by atoms with E-state index in [1.807, 2.05) is 13.0 Å². The number of ether oxygens (including phenoxy) is 2. The average molecular weight is 492 g/mol. The number of nitrogens with zero attached hydrogens (tertiary/aromatic N) is 2. The molecule has 0 atom stereocenters. The second kappa shape index (κ2) is 12.3.